The lowest BCUT2D eigenvalue weighted by atomic mass is 10.2. The molecule has 1 aromatic heterocycles. The highest BCUT2D eigenvalue weighted by atomic mass is 32.1. The van der Waals surface area contributed by atoms with Crippen molar-refractivity contribution in [3.05, 3.63) is 46.6 Å². The fourth-order valence-electron chi connectivity index (χ4n) is 3.03. The second-order valence-electron chi connectivity index (χ2n) is 6.78. The largest absolute Gasteiger partial charge is 0.445 e. The van der Waals surface area contributed by atoms with Gasteiger partial charge in [-0.2, -0.15) is 0 Å². The van der Waals surface area contributed by atoms with E-state index in [-0.39, 0.29) is 36.4 Å². The molecule has 2 amide bonds. The molecule has 7 nitrogen and oxygen atoms in total. The zero-order valence-electron chi connectivity index (χ0n) is 15.5. The molecule has 27 heavy (non-hydrogen) atoms. The number of likely N-dealkylation sites (tertiary alicyclic amines) is 1. The van der Waals surface area contributed by atoms with E-state index < -0.39 is 0 Å². The SMILES string of the molecule is CC(C)NC(=O)c1nc(C2CCCN2C(=O)OCc2ccccc2)sc1N. The zero-order valence-corrected chi connectivity index (χ0v) is 16.3. The Morgan fingerprint density at radius 2 is 2.11 bits per heavy atom. The molecule has 0 spiro atoms. The lowest BCUT2D eigenvalue weighted by Gasteiger charge is -2.22. The highest BCUT2D eigenvalue weighted by Gasteiger charge is 2.34. The number of benzene rings is 1. The van der Waals surface area contributed by atoms with Gasteiger partial charge in [0.2, 0.25) is 0 Å². The molecular weight excluding hydrogens is 364 g/mol. The van der Waals surface area contributed by atoms with Gasteiger partial charge in [-0.05, 0) is 32.3 Å². The summed E-state index contributed by atoms with van der Waals surface area (Å²) in [5.74, 6) is -0.291. The first-order valence-corrected chi connectivity index (χ1v) is 9.81. The Bertz CT molecular complexity index is 807. The third-order valence-electron chi connectivity index (χ3n) is 4.28. The van der Waals surface area contributed by atoms with Crippen LogP contribution in [0.25, 0.3) is 0 Å². The van der Waals surface area contributed by atoms with Crippen LogP contribution in [0.3, 0.4) is 0 Å². The van der Waals surface area contributed by atoms with Crippen molar-refractivity contribution in [2.45, 2.75) is 45.4 Å². The predicted octanol–water partition coefficient (Wildman–Crippen LogP) is 3.34. The molecule has 0 saturated carbocycles. The van der Waals surface area contributed by atoms with Crippen LogP contribution in [0.2, 0.25) is 0 Å². The molecule has 1 fully saturated rings. The van der Waals surface area contributed by atoms with Gasteiger partial charge in [-0.15, -0.1) is 0 Å². The highest BCUT2D eigenvalue weighted by molar-refractivity contribution is 7.16. The number of anilines is 1. The molecule has 0 aliphatic carbocycles. The fraction of sp³-hybridized carbons (Fsp3) is 0.421. The smallest absolute Gasteiger partial charge is 0.410 e. The van der Waals surface area contributed by atoms with Crippen LogP contribution in [-0.4, -0.2) is 34.5 Å². The summed E-state index contributed by atoms with van der Waals surface area (Å²) in [5, 5.41) is 3.84. The van der Waals surface area contributed by atoms with Gasteiger partial charge in [0, 0.05) is 12.6 Å². The van der Waals surface area contributed by atoms with Crippen molar-refractivity contribution in [3.8, 4) is 0 Å². The van der Waals surface area contributed by atoms with Crippen molar-refractivity contribution in [1.29, 1.82) is 0 Å². The van der Waals surface area contributed by atoms with Crippen molar-refractivity contribution in [2.75, 3.05) is 12.3 Å². The Kier molecular flexibility index (Phi) is 5.95. The maximum Gasteiger partial charge on any atom is 0.410 e. The van der Waals surface area contributed by atoms with Crippen LogP contribution in [0.5, 0.6) is 0 Å². The van der Waals surface area contributed by atoms with Crippen molar-refractivity contribution in [1.82, 2.24) is 15.2 Å². The van der Waals surface area contributed by atoms with E-state index in [4.69, 9.17) is 10.5 Å². The van der Waals surface area contributed by atoms with E-state index in [1.54, 1.807) is 4.90 Å². The molecule has 1 atom stereocenters. The van der Waals surface area contributed by atoms with Crippen LogP contribution in [0.1, 0.15) is 53.8 Å². The van der Waals surface area contributed by atoms with Gasteiger partial charge in [-0.25, -0.2) is 9.78 Å². The van der Waals surface area contributed by atoms with Crippen molar-refractivity contribution < 1.29 is 14.3 Å². The summed E-state index contributed by atoms with van der Waals surface area (Å²) in [6.45, 7) is 4.59. The molecule has 3 N–H and O–H groups in total. The third kappa shape index (κ3) is 4.57. The summed E-state index contributed by atoms with van der Waals surface area (Å²) in [4.78, 5) is 30.9. The number of aromatic nitrogens is 1. The van der Waals surface area contributed by atoms with Gasteiger partial charge >= 0.3 is 6.09 Å². The number of rotatable bonds is 5. The van der Waals surface area contributed by atoms with Crippen LogP contribution >= 0.6 is 11.3 Å². The number of hydrogen-bond donors (Lipinski definition) is 2. The van der Waals surface area contributed by atoms with E-state index in [2.05, 4.69) is 10.3 Å². The average molecular weight is 388 g/mol. The Hall–Kier alpha value is -2.61. The van der Waals surface area contributed by atoms with E-state index in [1.807, 2.05) is 44.2 Å². The van der Waals surface area contributed by atoms with Crippen LogP contribution in [0.4, 0.5) is 9.80 Å². The maximum atomic E-state index is 12.5. The van der Waals surface area contributed by atoms with Gasteiger partial charge < -0.3 is 15.8 Å². The molecule has 0 radical (unpaired) electrons. The fourth-order valence-corrected chi connectivity index (χ4v) is 4.01. The minimum Gasteiger partial charge on any atom is -0.445 e. The molecular formula is C19H24N4O3S. The molecule has 1 aliphatic rings. The number of nitrogen functional groups attached to an aromatic ring is 1. The van der Waals surface area contributed by atoms with Gasteiger partial charge in [-0.1, -0.05) is 41.7 Å². The zero-order chi connectivity index (χ0) is 19.4. The number of nitrogens with one attached hydrogen (secondary N) is 1. The number of carbonyl (C=O) groups excluding carboxylic acids is 2. The van der Waals surface area contributed by atoms with Crippen molar-refractivity contribution >= 4 is 28.3 Å². The van der Waals surface area contributed by atoms with E-state index >= 15 is 0 Å². The Morgan fingerprint density at radius 3 is 2.81 bits per heavy atom. The first-order chi connectivity index (χ1) is 13.0. The number of thiazole rings is 1. The number of carbonyl (C=O) groups is 2. The standard InChI is InChI=1S/C19H24N4O3S/c1-12(2)21-17(24)15-16(20)27-18(22-15)14-9-6-10-23(14)19(25)26-11-13-7-4-3-5-8-13/h3-5,7-8,12,14H,6,9-11,20H2,1-2H3,(H,21,24). The molecule has 1 unspecified atom stereocenters. The van der Waals surface area contributed by atoms with Gasteiger partial charge in [0.05, 0.1) is 6.04 Å². The molecule has 1 aromatic carbocycles. The number of ether oxygens (including phenoxy) is 1. The normalized spacial score (nSPS) is 16.6. The summed E-state index contributed by atoms with van der Waals surface area (Å²) in [6.07, 6.45) is 1.26. The summed E-state index contributed by atoms with van der Waals surface area (Å²) in [5.41, 5.74) is 7.17. The summed E-state index contributed by atoms with van der Waals surface area (Å²) < 4.78 is 5.45. The van der Waals surface area contributed by atoms with Crippen molar-refractivity contribution in [2.24, 2.45) is 0 Å². The highest BCUT2D eigenvalue weighted by Crippen LogP contribution is 2.37. The van der Waals surface area contributed by atoms with Gasteiger partial charge in [-0.3, -0.25) is 9.69 Å². The third-order valence-corrected chi connectivity index (χ3v) is 5.27. The average Bonchev–Trinajstić information content (AvgIpc) is 3.26. The van der Waals surface area contributed by atoms with Gasteiger partial charge in [0.25, 0.3) is 5.91 Å². The van der Waals surface area contributed by atoms with Crippen LogP contribution in [0.15, 0.2) is 30.3 Å². The predicted molar refractivity (Wildman–Crippen MR) is 104 cm³/mol. The Labute approximate surface area is 162 Å². The molecule has 8 heteroatoms. The first-order valence-electron chi connectivity index (χ1n) is 9.00. The van der Waals surface area contributed by atoms with Gasteiger partial charge in [0.15, 0.2) is 5.69 Å². The van der Waals surface area contributed by atoms with Gasteiger partial charge in [0.1, 0.15) is 16.6 Å². The summed E-state index contributed by atoms with van der Waals surface area (Å²) >= 11 is 1.26. The molecule has 1 saturated heterocycles. The van der Waals surface area contributed by atoms with Crippen LogP contribution in [-0.2, 0) is 11.3 Å². The van der Waals surface area contributed by atoms with Crippen molar-refractivity contribution in [3.63, 3.8) is 0 Å². The molecule has 2 heterocycles. The Morgan fingerprint density at radius 1 is 1.37 bits per heavy atom. The topological polar surface area (TPSA) is 97.5 Å². The van der Waals surface area contributed by atoms with E-state index in [0.29, 0.717) is 16.6 Å². The van der Waals surface area contributed by atoms with E-state index in [1.165, 1.54) is 11.3 Å². The second kappa shape index (κ2) is 8.39. The van der Waals surface area contributed by atoms with Crippen LogP contribution < -0.4 is 11.1 Å². The molecule has 3 rings (SSSR count). The maximum absolute atomic E-state index is 12.5. The number of amides is 2. The second-order valence-corrected chi connectivity index (χ2v) is 7.85. The van der Waals surface area contributed by atoms with E-state index in [0.717, 1.165) is 18.4 Å². The monoisotopic (exact) mass is 388 g/mol. The minimum absolute atomic E-state index is 0.00186. The first kappa shape index (κ1) is 19.2. The van der Waals surface area contributed by atoms with Crippen LogP contribution in [0, 0.1) is 0 Å². The summed E-state index contributed by atoms with van der Waals surface area (Å²) in [6, 6.07) is 9.35. The Balaban J connectivity index is 1.69. The lowest BCUT2D eigenvalue weighted by molar-refractivity contribution is 0.0919. The summed E-state index contributed by atoms with van der Waals surface area (Å²) in [7, 11) is 0. The molecule has 0 bridgehead atoms. The number of nitrogens with zero attached hydrogens (tertiary/aromatic N) is 2. The van der Waals surface area contributed by atoms with E-state index in [9.17, 15) is 9.59 Å². The minimum atomic E-state index is -0.372. The number of hydrogen-bond acceptors (Lipinski definition) is 6. The molecule has 144 valence electrons. The lowest BCUT2D eigenvalue weighted by Crippen LogP contribution is -2.32. The number of nitrogens with two attached hydrogens (primary N) is 1. The molecule has 2 aromatic rings. The molecule has 1 aliphatic heterocycles. The quantitative estimate of drug-likeness (QED) is 0.819.